The van der Waals surface area contributed by atoms with Crippen LogP contribution in [0.15, 0.2) is 101 Å². The highest BCUT2D eigenvalue weighted by Crippen LogP contribution is 2.33. The lowest BCUT2D eigenvalue weighted by atomic mass is 10.2. The first-order valence-corrected chi connectivity index (χ1v) is 11.2. The van der Waals surface area contributed by atoms with Crippen molar-refractivity contribution in [2.24, 2.45) is 0 Å². The summed E-state index contributed by atoms with van der Waals surface area (Å²) in [6, 6.07) is 28.1. The molecule has 0 bridgehead atoms. The molecule has 0 saturated carbocycles. The van der Waals surface area contributed by atoms with Crippen LogP contribution in [0.3, 0.4) is 0 Å². The van der Waals surface area contributed by atoms with E-state index in [0.29, 0.717) is 16.4 Å². The van der Waals surface area contributed by atoms with Crippen LogP contribution < -0.4 is 5.56 Å². The van der Waals surface area contributed by atoms with Gasteiger partial charge in [0.25, 0.3) is 5.56 Å². The van der Waals surface area contributed by atoms with Gasteiger partial charge in [-0.3, -0.25) is 13.9 Å². The van der Waals surface area contributed by atoms with Crippen LogP contribution in [0.2, 0.25) is 0 Å². The van der Waals surface area contributed by atoms with E-state index in [1.165, 1.54) is 20.5 Å². The van der Waals surface area contributed by atoms with Gasteiger partial charge in [0.2, 0.25) is 5.88 Å². The molecule has 2 heterocycles. The largest absolute Gasteiger partial charge is 0.493 e. The molecule has 0 radical (unpaired) electrons. The van der Waals surface area contributed by atoms with E-state index in [1.807, 2.05) is 96.4 Å². The Morgan fingerprint density at radius 1 is 0.781 bits per heavy atom. The third kappa shape index (κ3) is 3.47. The monoisotopic (exact) mass is 455 g/mol. The number of rotatable bonds is 4. The van der Waals surface area contributed by atoms with Gasteiger partial charge in [0.15, 0.2) is 4.77 Å². The molecule has 0 spiro atoms. The fraction of sp³-hybridized carbons (Fsp3) is 0. The molecule has 156 valence electrons. The molecule has 0 saturated heterocycles. The maximum atomic E-state index is 13.6. The van der Waals surface area contributed by atoms with E-state index >= 15 is 0 Å². The Balaban J connectivity index is 1.81. The molecule has 5 nitrogen and oxygen atoms in total. The maximum Gasteiger partial charge on any atom is 0.273 e. The number of hydrogen-bond donors (Lipinski definition) is 1. The Kier molecular flexibility index (Phi) is 5.26. The van der Waals surface area contributed by atoms with Gasteiger partial charge in [0.1, 0.15) is 10.6 Å². The van der Waals surface area contributed by atoms with Crippen molar-refractivity contribution in [3.8, 4) is 39.1 Å². The van der Waals surface area contributed by atoms with Crippen LogP contribution in [0.5, 0.6) is 5.88 Å². The first-order chi connectivity index (χ1) is 15.6. The standard InChI is InChI=1S/C25H17N3O2S2/c29-23-21(22-26-20(16-32-22)17-10-4-1-5-11-17)24(30)28(19-14-8-3-9-15-19)25(31)27(23)18-12-6-2-7-13-18/h1-16,29H. The van der Waals surface area contributed by atoms with Gasteiger partial charge in [-0.1, -0.05) is 66.7 Å². The van der Waals surface area contributed by atoms with Gasteiger partial charge in [-0.25, -0.2) is 4.98 Å². The quantitative estimate of drug-likeness (QED) is 0.345. The molecule has 0 unspecified atom stereocenters. The van der Waals surface area contributed by atoms with Crippen LogP contribution >= 0.6 is 23.6 Å². The van der Waals surface area contributed by atoms with Gasteiger partial charge in [0.05, 0.1) is 17.1 Å². The minimum Gasteiger partial charge on any atom is -0.493 e. The first kappa shape index (κ1) is 20.1. The summed E-state index contributed by atoms with van der Waals surface area (Å²) in [5, 5.41) is 13.6. The van der Waals surface area contributed by atoms with Crippen molar-refractivity contribution >= 4 is 23.6 Å². The molecule has 0 aliphatic rings. The van der Waals surface area contributed by atoms with Crippen LogP contribution in [-0.2, 0) is 0 Å². The average molecular weight is 456 g/mol. The molecule has 1 N–H and O–H groups in total. The fourth-order valence-corrected chi connectivity index (χ4v) is 4.77. The molecule has 5 rings (SSSR count). The Labute approximate surface area is 193 Å². The molecular formula is C25H17N3O2S2. The minimum atomic E-state index is -0.417. The second kappa shape index (κ2) is 8.37. The van der Waals surface area contributed by atoms with Gasteiger partial charge in [-0.15, -0.1) is 11.3 Å². The Morgan fingerprint density at radius 2 is 1.31 bits per heavy atom. The highest BCUT2D eigenvalue weighted by Gasteiger charge is 2.23. The SMILES string of the molecule is O=c1c(-c2nc(-c3ccccc3)cs2)c(O)n(-c2ccccc2)c(=S)n1-c1ccccc1. The van der Waals surface area contributed by atoms with Crippen molar-refractivity contribution in [2.45, 2.75) is 0 Å². The highest BCUT2D eigenvalue weighted by molar-refractivity contribution is 7.71. The lowest BCUT2D eigenvalue weighted by molar-refractivity contribution is 0.433. The summed E-state index contributed by atoms with van der Waals surface area (Å²) < 4.78 is 3.11. The van der Waals surface area contributed by atoms with Crippen molar-refractivity contribution in [3.05, 3.63) is 112 Å². The predicted octanol–water partition coefficient (Wildman–Crippen LogP) is 5.85. The molecular weight excluding hydrogens is 438 g/mol. The number of hydrogen-bond acceptors (Lipinski definition) is 5. The molecule has 0 amide bonds. The van der Waals surface area contributed by atoms with Gasteiger partial charge in [-0.05, 0) is 36.5 Å². The van der Waals surface area contributed by atoms with E-state index in [9.17, 15) is 9.90 Å². The van der Waals surface area contributed by atoms with Crippen molar-refractivity contribution in [2.75, 3.05) is 0 Å². The third-order valence-electron chi connectivity index (χ3n) is 5.05. The average Bonchev–Trinajstić information content (AvgIpc) is 3.31. The topological polar surface area (TPSA) is 60.0 Å². The van der Waals surface area contributed by atoms with Crippen LogP contribution in [0.4, 0.5) is 0 Å². The Hall–Kier alpha value is -3.81. The smallest absolute Gasteiger partial charge is 0.273 e. The van der Waals surface area contributed by atoms with Crippen molar-refractivity contribution in [1.82, 2.24) is 14.1 Å². The molecule has 0 fully saturated rings. The lowest BCUT2D eigenvalue weighted by Gasteiger charge is -2.17. The fourth-order valence-electron chi connectivity index (χ4n) is 3.53. The number of aromatic nitrogens is 3. The third-order valence-corrected chi connectivity index (χ3v) is 6.28. The molecule has 5 aromatic rings. The second-order valence-electron chi connectivity index (χ2n) is 7.03. The summed E-state index contributed by atoms with van der Waals surface area (Å²) in [6.45, 7) is 0. The predicted molar refractivity (Wildman–Crippen MR) is 130 cm³/mol. The zero-order valence-electron chi connectivity index (χ0n) is 16.8. The summed E-state index contributed by atoms with van der Waals surface area (Å²) in [5.41, 5.74) is 2.64. The maximum absolute atomic E-state index is 13.6. The van der Waals surface area contributed by atoms with E-state index in [0.717, 1.165) is 11.3 Å². The van der Waals surface area contributed by atoms with Crippen molar-refractivity contribution in [3.63, 3.8) is 0 Å². The van der Waals surface area contributed by atoms with Crippen molar-refractivity contribution < 1.29 is 5.11 Å². The zero-order chi connectivity index (χ0) is 22.1. The van der Waals surface area contributed by atoms with Gasteiger partial charge in [-0.2, -0.15) is 0 Å². The summed E-state index contributed by atoms with van der Waals surface area (Å²) in [4.78, 5) is 18.3. The summed E-state index contributed by atoms with van der Waals surface area (Å²) >= 11 is 6.98. The number of benzene rings is 3. The van der Waals surface area contributed by atoms with Crippen LogP contribution in [-0.4, -0.2) is 19.2 Å². The number of aromatic hydroxyl groups is 1. The van der Waals surface area contributed by atoms with Gasteiger partial charge < -0.3 is 5.11 Å². The van der Waals surface area contributed by atoms with Crippen LogP contribution in [0, 0.1) is 4.77 Å². The molecule has 2 aromatic heterocycles. The van der Waals surface area contributed by atoms with E-state index in [4.69, 9.17) is 12.2 Å². The molecule has 3 aromatic carbocycles. The summed E-state index contributed by atoms with van der Waals surface area (Å²) in [7, 11) is 0. The van der Waals surface area contributed by atoms with E-state index in [2.05, 4.69) is 4.98 Å². The Morgan fingerprint density at radius 3 is 1.91 bits per heavy atom. The van der Waals surface area contributed by atoms with E-state index in [1.54, 1.807) is 0 Å². The summed E-state index contributed by atoms with van der Waals surface area (Å²) in [5.74, 6) is -0.229. The van der Waals surface area contributed by atoms with E-state index < -0.39 is 5.56 Å². The first-order valence-electron chi connectivity index (χ1n) is 9.88. The highest BCUT2D eigenvalue weighted by atomic mass is 32.1. The number of para-hydroxylation sites is 2. The van der Waals surface area contributed by atoms with Gasteiger partial charge >= 0.3 is 0 Å². The number of thiazole rings is 1. The van der Waals surface area contributed by atoms with Crippen LogP contribution in [0.1, 0.15) is 0 Å². The molecule has 0 aliphatic carbocycles. The van der Waals surface area contributed by atoms with Crippen LogP contribution in [0.25, 0.3) is 33.2 Å². The molecule has 0 atom stereocenters. The Bertz CT molecular complexity index is 1510. The van der Waals surface area contributed by atoms with E-state index in [-0.39, 0.29) is 16.2 Å². The van der Waals surface area contributed by atoms with Gasteiger partial charge in [0, 0.05) is 10.9 Å². The molecule has 7 heteroatoms. The second-order valence-corrected chi connectivity index (χ2v) is 8.26. The minimum absolute atomic E-state index is 0.110. The molecule has 0 aliphatic heterocycles. The van der Waals surface area contributed by atoms with Crippen molar-refractivity contribution in [1.29, 1.82) is 0 Å². The summed E-state index contributed by atoms with van der Waals surface area (Å²) in [6.07, 6.45) is 0. The lowest BCUT2D eigenvalue weighted by Crippen LogP contribution is -2.25. The number of nitrogens with zero attached hydrogens (tertiary/aromatic N) is 3. The molecule has 32 heavy (non-hydrogen) atoms. The zero-order valence-corrected chi connectivity index (χ0v) is 18.4. The normalized spacial score (nSPS) is 10.9.